The molecule has 0 spiro atoms. The van der Waals surface area contributed by atoms with E-state index in [-0.39, 0.29) is 68.7 Å². The van der Waals surface area contributed by atoms with Crippen LogP contribution in [-0.2, 0) is 0 Å². The van der Waals surface area contributed by atoms with Gasteiger partial charge in [-0.05, 0) is 0 Å². The van der Waals surface area contributed by atoms with E-state index in [4.69, 9.17) is 15.3 Å². The molecule has 6 heteroatoms. The maximum atomic E-state index is 8.25. The Kier molecular flexibility index (Phi) is 25.1. The second-order valence-electron chi connectivity index (χ2n) is 0.224. The molecule has 0 N–H and O–H groups in total. The standard InChI is InChI=1S/Al.K.NO3/c;;2-1(3)4/q+3;+1;-1. The minimum atomic E-state index is -1.75. The molecule has 24 valence electrons. The van der Waals surface area contributed by atoms with Crippen LogP contribution in [0.4, 0.5) is 0 Å². The summed E-state index contributed by atoms with van der Waals surface area (Å²) in [7, 11) is 0. The second-order valence-corrected chi connectivity index (χ2v) is 0.224. The fraction of sp³-hybridized carbons (Fsp3) is 0. The van der Waals surface area contributed by atoms with E-state index >= 15 is 0 Å². The van der Waals surface area contributed by atoms with Gasteiger partial charge in [0.2, 0.25) is 0 Å². The van der Waals surface area contributed by atoms with Gasteiger partial charge in [-0.1, -0.05) is 0 Å². The van der Waals surface area contributed by atoms with Crippen LogP contribution in [0.2, 0.25) is 0 Å². The van der Waals surface area contributed by atoms with Gasteiger partial charge in [0.15, 0.2) is 0 Å². The van der Waals surface area contributed by atoms with Crippen LogP contribution in [-0.4, -0.2) is 22.4 Å². The van der Waals surface area contributed by atoms with Crippen molar-refractivity contribution in [1.29, 1.82) is 0 Å². The number of hydrogen-bond acceptors (Lipinski definition) is 3. The summed E-state index contributed by atoms with van der Waals surface area (Å²) in [4.78, 5) is 8.25. The van der Waals surface area contributed by atoms with Gasteiger partial charge in [-0.2, -0.15) is 0 Å². The van der Waals surface area contributed by atoms with Crippen molar-refractivity contribution in [2.24, 2.45) is 0 Å². The van der Waals surface area contributed by atoms with Gasteiger partial charge < -0.3 is 15.3 Å². The van der Waals surface area contributed by atoms with Crippen molar-refractivity contribution in [1.82, 2.24) is 0 Å². The molecule has 0 aliphatic heterocycles. The van der Waals surface area contributed by atoms with E-state index in [0.717, 1.165) is 0 Å². The Balaban J connectivity index is -0.0000000450. The maximum Gasteiger partial charge on any atom is 3.00 e. The van der Waals surface area contributed by atoms with Crippen molar-refractivity contribution in [3.05, 3.63) is 15.3 Å². The molecule has 0 saturated carbocycles. The Labute approximate surface area is 87.6 Å². The van der Waals surface area contributed by atoms with Crippen molar-refractivity contribution in [3.8, 4) is 0 Å². The summed E-state index contributed by atoms with van der Waals surface area (Å²) in [5.41, 5.74) is 0. The van der Waals surface area contributed by atoms with Gasteiger partial charge in [-0.15, -0.1) is 0 Å². The van der Waals surface area contributed by atoms with Gasteiger partial charge in [0.25, 0.3) is 0 Å². The van der Waals surface area contributed by atoms with Crippen molar-refractivity contribution in [2.75, 3.05) is 0 Å². The third-order valence-electron chi connectivity index (χ3n) is 0. The van der Waals surface area contributed by atoms with Crippen LogP contribution >= 0.6 is 0 Å². The zero-order valence-corrected chi connectivity index (χ0v) is 7.53. The predicted octanol–water partition coefficient (Wildman–Crippen LogP) is -3.62. The van der Waals surface area contributed by atoms with Gasteiger partial charge in [0.05, 0.1) is 5.09 Å². The molecule has 0 amide bonds. The summed E-state index contributed by atoms with van der Waals surface area (Å²) >= 11 is 0. The third-order valence-corrected chi connectivity index (χ3v) is 0. The van der Waals surface area contributed by atoms with E-state index in [1.807, 2.05) is 0 Å². The fourth-order valence-corrected chi connectivity index (χ4v) is 0. The average molecular weight is 128 g/mol. The van der Waals surface area contributed by atoms with E-state index in [1.165, 1.54) is 0 Å². The van der Waals surface area contributed by atoms with Gasteiger partial charge in [-0.25, -0.2) is 0 Å². The first-order valence-corrected chi connectivity index (χ1v) is 0.548. The molecule has 6 heavy (non-hydrogen) atoms. The fourth-order valence-electron chi connectivity index (χ4n) is 0. The molecular formula is AlKNO3+3. The van der Waals surface area contributed by atoms with Crippen LogP contribution in [0, 0.1) is 15.3 Å². The molecule has 0 radical (unpaired) electrons. The van der Waals surface area contributed by atoms with Crippen LogP contribution in [0.25, 0.3) is 0 Å². The molecule has 0 atom stereocenters. The molecule has 0 aliphatic carbocycles. The Morgan fingerprint density at radius 3 is 1.33 bits per heavy atom. The summed E-state index contributed by atoms with van der Waals surface area (Å²) in [6.45, 7) is 0. The molecule has 4 nitrogen and oxygen atoms in total. The van der Waals surface area contributed by atoms with Gasteiger partial charge >= 0.3 is 68.7 Å². The van der Waals surface area contributed by atoms with Gasteiger partial charge in [-0.3, -0.25) is 0 Å². The minimum Gasteiger partial charge on any atom is -0.356 e. The van der Waals surface area contributed by atoms with Crippen LogP contribution in [0.3, 0.4) is 0 Å². The van der Waals surface area contributed by atoms with Crippen LogP contribution in [0.1, 0.15) is 0 Å². The molecule has 0 rings (SSSR count). The molecule has 0 bridgehead atoms. The molecular weight excluding hydrogens is 128 g/mol. The summed E-state index contributed by atoms with van der Waals surface area (Å²) in [6, 6.07) is 0. The van der Waals surface area contributed by atoms with E-state index in [9.17, 15) is 0 Å². The quantitative estimate of drug-likeness (QED) is 0.192. The molecule has 0 aromatic rings. The van der Waals surface area contributed by atoms with Crippen molar-refractivity contribution < 1.29 is 56.5 Å². The molecule has 0 unspecified atom stereocenters. The molecule has 0 saturated heterocycles. The Morgan fingerprint density at radius 1 is 1.33 bits per heavy atom. The smallest absolute Gasteiger partial charge is 0.356 e. The van der Waals surface area contributed by atoms with Crippen molar-refractivity contribution >= 4 is 17.4 Å². The summed E-state index contributed by atoms with van der Waals surface area (Å²) in [5.74, 6) is 0. The summed E-state index contributed by atoms with van der Waals surface area (Å²) < 4.78 is 0. The summed E-state index contributed by atoms with van der Waals surface area (Å²) in [6.07, 6.45) is 0. The number of nitrogens with zero attached hydrogens (tertiary/aromatic N) is 1. The first-order valence-electron chi connectivity index (χ1n) is 0.548. The Morgan fingerprint density at radius 2 is 1.33 bits per heavy atom. The minimum absolute atomic E-state index is 0. The third kappa shape index (κ3) is 54.7. The second kappa shape index (κ2) is 9.62. The zero-order chi connectivity index (χ0) is 3.58. The van der Waals surface area contributed by atoms with Gasteiger partial charge in [0, 0.05) is 0 Å². The Hall–Kier alpha value is 1.37. The first-order chi connectivity index (χ1) is 1.73. The average Bonchev–Trinajstić information content (AvgIpc) is 0.811. The number of hydrogen-bond donors (Lipinski definition) is 0. The number of rotatable bonds is 0. The molecule has 0 fully saturated rings. The maximum absolute atomic E-state index is 8.25. The monoisotopic (exact) mass is 128 g/mol. The van der Waals surface area contributed by atoms with Crippen molar-refractivity contribution in [3.63, 3.8) is 0 Å². The SMILES string of the molecule is O=[N+]([O-])[O-].[Al+3].[K+]. The van der Waals surface area contributed by atoms with E-state index < -0.39 is 5.09 Å². The molecule has 0 heterocycles. The first kappa shape index (κ1) is 15.7. The van der Waals surface area contributed by atoms with E-state index in [2.05, 4.69) is 0 Å². The Bertz CT molecular complexity index is 33.8. The van der Waals surface area contributed by atoms with Crippen LogP contribution < -0.4 is 51.4 Å². The zero-order valence-electron chi connectivity index (χ0n) is 3.25. The molecule has 0 aromatic heterocycles. The topological polar surface area (TPSA) is 66.2 Å². The normalized spacial score (nSPS) is 4.00. The van der Waals surface area contributed by atoms with Crippen LogP contribution in [0.15, 0.2) is 0 Å². The molecule has 0 aromatic carbocycles. The van der Waals surface area contributed by atoms with Crippen molar-refractivity contribution in [2.45, 2.75) is 0 Å². The van der Waals surface area contributed by atoms with E-state index in [1.54, 1.807) is 0 Å². The largest absolute Gasteiger partial charge is 3.00 e. The molecule has 0 aliphatic rings. The van der Waals surface area contributed by atoms with Gasteiger partial charge in [0.1, 0.15) is 0 Å². The predicted molar refractivity (Wildman–Crippen MR) is 16.1 cm³/mol. The van der Waals surface area contributed by atoms with E-state index in [0.29, 0.717) is 0 Å². The summed E-state index contributed by atoms with van der Waals surface area (Å²) in [5, 5.41) is 14.8. The van der Waals surface area contributed by atoms with Crippen LogP contribution in [0.5, 0.6) is 0 Å².